The number of carboxylic acids is 1. The molecule has 2 aromatic rings. The number of hydrogen-bond donors (Lipinski definition) is 1. The Hall–Kier alpha value is -2.90. The van der Waals surface area contributed by atoms with Gasteiger partial charge in [-0.25, -0.2) is 4.79 Å². The molecule has 0 saturated carbocycles. The summed E-state index contributed by atoms with van der Waals surface area (Å²) in [6.45, 7) is 1.56. The van der Waals surface area contributed by atoms with Crippen LogP contribution in [0.15, 0.2) is 28.8 Å². The lowest BCUT2D eigenvalue weighted by Gasteiger charge is -2.07. The maximum Gasteiger partial charge on any atom is 0.339 e. The van der Waals surface area contributed by atoms with Gasteiger partial charge < -0.3 is 14.4 Å². The highest BCUT2D eigenvalue weighted by molar-refractivity contribution is 5.92. The van der Waals surface area contributed by atoms with Gasteiger partial charge >= 0.3 is 11.7 Å². The number of nitro benzene ring substituents is 1. The molecule has 1 aromatic heterocycles. The lowest BCUT2D eigenvalue weighted by Crippen LogP contribution is -2.06. The highest BCUT2D eigenvalue weighted by atomic mass is 16.6. The molecule has 0 fully saturated rings. The number of carbonyl (C=O) groups is 1. The molecule has 104 valence electrons. The summed E-state index contributed by atoms with van der Waals surface area (Å²) in [6.07, 6.45) is 0. The summed E-state index contributed by atoms with van der Waals surface area (Å²) < 4.78 is 10.1. The topological polar surface area (TPSA) is 116 Å². The normalized spacial score (nSPS) is 10.2. The van der Waals surface area contributed by atoms with Gasteiger partial charge in [-0.3, -0.25) is 10.1 Å². The van der Waals surface area contributed by atoms with Crippen LogP contribution in [0.3, 0.4) is 0 Å². The van der Waals surface area contributed by atoms with E-state index in [2.05, 4.69) is 5.16 Å². The van der Waals surface area contributed by atoms with E-state index in [-0.39, 0.29) is 17.9 Å². The second kappa shape index (κ2) is 5.39. The van der Waals surface area contributed by atoms with Crippen LogP contribution in [0.4, 0.5) is 5.69 Å². The number of hydrogen-bond acceptors (Lipinski definition) is 6. The third-order valence-electron chi connectivity index (χ3n) is 2.46. The minimum atomic E-state index is -1.31. The summed E-state index contributed by atoms with van der Waals surface area (Å²) in [4.78, 5) is 21.3. The number of nitrogens with zero attached hydrogens (tertiary/aromatic N) is 2. The molecule has 0 spiro atoms. The van der Waals surface area contributed by atoms with E-state index in [4.69, 9.17) is 14.4 Å². The van der Waals surface area contributed by atoms with Gasteiger partial charge in [0.2, 0.25) is 5.75 Å². The number of ether oxygens (including phenoxy) is 1. The average molecular weight is 278 g/mol. The first-order valence-electron chi connectivity index (χ1n) is 5.54. The Morgan fingerprint density at radius 3 is 2.85 bits per heavy atom. The molecular formula is C12H10N2O6. The van der Waals surface area contributed by atoms with Crippen LogP contribution in [0.5, 0.6) is 5.75 Å². The van der Waals surface area contributed by atoms with E-state index >= 15 is 0 Å². The molecule has 0 aliphatic carbocycles. The van der Waals surface area contributed by atoms with Crippen molar-refractivity contribution in [3.8, 4) is 5.75 Å². The maximum absolute atomic E-state index is 11.1. The van der Waals surface area contributed by atoms with Crippen LogP contribution in [0.1, 0.15) is 21.8 Å². The molecular weight excluding hydrogens is 268 g/mol. The van der Waals surface area contributed by atoms with Crippen LogP contribution in [-0.2, 0) is 6.61 Å². The number of para-hydroxylation sites is 1. The number of carboxylic acid groups (broad SMARTS) is 1. The van der Waals surface area contributed by atoms with Gasteiger partial charge in [-0.2, -0.15) is 0 Å². The monoisotopic (exact) mass is 278 g/mol. The lowest BCUT2D eigenvalue weighted by atomic mass is 10.1. The minimum absolute atomic E-state index is 0.123. The van der Waals surface area contributed by atoms with Crippen LogP contribution < -0.4 is 4.74 Å². The molecule has 1 aromatic carbocycles. The van der Waals surface area contributed by atoms with Gasteiger partial charge in [-0.15, -0.1) is 0 Å². The van der Waals surface area contributed by atoms with Crippen molar-refractivity contribution in [2.75, 3.05) is 0 Å². The first kappa shape index (κ1) is 13.5. The highest BCUT2D eigenvalue weighted by Gasteiger charge is 2.23. The van der Waals surface area contributed by atoms with E-state index in [0.29, 0.717) is 11.5 Å². The van der Waals surface area contributed by atoms with E-state index < -0.39 is 16.6 Å². The Labute approximate surface area is 112 Å². The second-order valence-corrected chi connectivity index (χ2v) is 3.93. The number of nitro groups is 1. The summed E-state index contributed by atoms with van der Waals surface area (Å²) >= 11 is 0. The van der Waals surface area contributed by atoms with E-state index in [9.17, 15) is 14.9 Å². The molecule has 1 heterocycles. The van der Waals surface area contributed by atoms with Crippen molar-refractivity contribution in [2.24, 2.45) is 0 Å². The Balaban J connectivity index is 2.32. The molecule has 0 atom stereocenters. The SMILES string of the molecule is Cc1cc(COc2c(C(=O)O)cccc2[N+](=O)[O-])no1. The van der Waals surface area contributed by atoms with Gasteiger partial charge in [0.1, 0.15) is 23.6 Å². The fraction of sp³-hybridized carbons (Fsp3) is 0.167. The van der Waals surface area contributed by atoms with Gasteiger partial charge in [-0.05, 0) is 13.0 Å². The molecule has 8 nitrogen and oxygen atoms in total. The molecule has 0 radical (unpaired) electrons. The van der Waals surface area contributed by atoms with Crippen molar-refractivity contribution in [2.45, 2.75) is 13.5 Å². The zero-order valence-corrected chi connectivity index (χ0v) is 10.4. The van der Waals surface area contributed by atoms with Crippen molar-refractivity contribution >= 4 is 11.7 Å². The van der Waals surface area contributed by atoms with Gasteiger partial charge in [0.15, 0.2) is 0 Å². The van der Waals surface area contributed by atoms with Gasteiger partial charge in [0.25, 0.3) is 0 Å². The average Bonchev–Trinajstić information content (AvgIpc) is 2.81. The standard InChI is InChI=1S/C12H10N2O6/c1-7-5-8(13-20-7)6-19-11-9(12(15)16)3-2-4-10(11)14(17)18/h2-5H,6H2,1H3,(H,15,16). The molecule has 2 rings (SSSR count). The molecule has 1 N–H and O–H groups in total. The van der Waals surface area contributed by atoms with Crippen LogP contribution in [0.25, 0.3) is 0 Å². The number of aromatic nitrogens is 1. The zero-order valence-electron chi connectivity index (χ0n) is 10.4. The summed E-state index contributed by atoms with van der Waals surface area (Å²) in [5.74, 6) is -1.05. The predicted octanol–water partition coefficient (Wildman–Crippen LogP) is 2.17. The molecule has 0 amide bonds. The Kier molecular flexibility index (Phi) is 3.65. The fourth-order valence-electron chi connectivity index (χ4n) is 1.62. The highest BCUT2D eigenvalue weighted by Crippen LogP contribution is 2.31. The molecule has 20 heavy (non-hydrogen) atoms. The summed E-state index contributed by atoms with van der Waals surface area (Å²) in [5, 5.41) is 23.6. The number of rotatable bonds is 5. The predicted molar refractivity (Wildman–Crippen MR) is 65.6 cm³/mol. The third-order valence-corrected chi connectivity index (χ3v) is 2.46. The molecule has 0 aliphatic heterocycles. The third kappa shape index (κ3) is 2.74. The van der Waals surface area contributed by atoms with Crippen molar-refractivity contribution in [1.29, 1.82) is 0 Å². The van der Waals surface area contributed by atoms with Gasteiger partial charge in [0.05, 0.1) is 4.92 Å². The smallest absolute Gasteiger partial charge is 0.339 e. The van der Waals surface area contributed by atoms with Gasteiger partial charge in [-0.1, -0.05) is 11.2 Å². The zero-order chi connectivity index (χ0) is 14.7. The van der Waals surface area contributed by atoms with Crippen molar-refractivity contribution in [1.82, 2.24) is 5.16 Å². The summed E-state index contributed by atoms with van der Waals surface area (Å²) in [6, 6.07) is 5.29. The van der Waals surface area contributed by atoms with Crippen LogP contribution >= 0.6 is 0 Å². The van der Waals surface area contributed by atoms with Gasteiger partial charge in [0, 0.05) is 12.1 Å². The van der Waals surface area contributed by atoms with Crippen molar-refractivity contribution in [3.05, 3.63) is 51.4 Å². The van der Waals surface area contributed by atoms with Crippen LogP contribution in [0.2, 0.25) is 0 Å². The summed E-state index contributed by atoms with van der Waals surface area (Å²) in [5.41, 5.74) is -0.276. The largest absolute Gasteiger partial charge is 0.480 e. The molecule has 0 saturated heterocycles. The maximum atomic E-state index is 11.1. The fourth-order valence-corrected chi connectivity index (χ4v) is 1.62. The summed E-state index contributed by atoms with van der Waals surface area (Å²) in [7, 11) is 0. The Bertz CT molecular complexity index is 631. The first-order chi connectivity index (χ1) is 9.49. The second-order valence-electron chi connectivity index (χ2n) is 3.93. The first-order valence-corrected chi connectivity index (χ1v) is 5.54. The number of aromatic carboxylic acids is 1. The van der Waals surface area contributed by atoms with E-state index in [1.807, 2.05) is 0 Å². The minimum Gasteiger partial charge on any atom is -0.480 e. The lowest BCUT2D eigenvalue weighted by molar-refractivity contribution is -0.386. The van der Waals surface area contributed by atoms with E-state index in [0.717, 1.165) is 0 Å². The quantitative estimate of drug-likeness (QED) is 0.658. The van der Waals surface area contributed by atoms with Crippen molar-refractivity contribution in [3.63, 3.8) is 0 Å². The molecule has 0 aliphatic rings. The van der Waals surface area contributed by atoms with Crippen LogP contribution in [0, 0.1) is 17.0 Å². The number of benzene rings is 1. The Morgan fingerprint density at radius 1 is 1.55 bits per heavy atom. The van der Waals surface area contributed by atoms with E-state index in [1.165, 1.54) is 18.2 Å². The van der Waals surface area contributed by atoms with Crippen LogP contribution in [-0.4, -0.2) is 21.2 Å². The van der Waals surface area contributed by atoms with E-state index in [1.54, 1.807) is 13.0 Å². The molecule has 8 heteroatoms. The molecule has 0 unspecified atom stereocenters. The molecule has 0 bridgehead atoms. The Morgan fingerprint density at radius 2 is 2.30 bits per heavy atom. The number of aryl methyl sites for hydroxylation is 1. The van der Waals surface area contributed by atoms with Crippen molar-refractivity contribution < 1.29 is 24.1 Å².